The Morgan fingerprint density at radius 3 is 2.32 bits per heavy atom. The Hall–Kier alpha value is -2.22. The SMILES string of the molecule is COc1ccc(-c2n[nH]c(=S)n2N)c(OC)c1OC. The molecule has 1 aromatic carbocycles. The van der Waals surface area contributed by atoms with Gasteiger partial charge in [0.2, 0.25) is 10.5 Å². The number of aromatic amines is 1. The molecule has 1 heterocycles. The fourth-order valence-corrected chi connectivity index (χ4v) is 1.90. The Bertz CT molecular complexity index is 650. The van der Waals surface area contributed by atoms with E-state index in [1.165, 1.54) is 18.9 Å². The molecule has 0 saturated carbocycles. The van der Waals surface area contributed by atoms with Crippen molar-refractivity contribution in [1.29, 1.82) is 0 Å². The van der Waals surface area contributed by atoms with Crippen LogP contribution in [-0.4, -0.2) is 36.2 Å². The summed E-state index contributed by atoms with van der Waals surface area (Å²) in [5, 5.41) is 6.69. The summed E-state index contributed by atoms with van der Waals surface area (Å²) in [6, 6.07) is 3.52. The molecule has 3 N–H and O–H groups in total. The van der Waals surface area contributed by atoms with E-state index in [2.05, 4.69) is 10.2 Å². The lowest BCUT2D eigenvalue weighted by molar-refractivity contribution is 0.325. The second-order valence-electron chi connectivity index (χ2n) is 3.60. The van der Waals surface area contributed by atoms with Crippen LogP contribution >= 0.6 is 12.2 Å². The van der Waals surface area contributed by atoms with Gasteiger partial charge >= 0.3 is 0 Å². The molecule has 0 radical (unpaired) electrons. The van der Waals surface area contributed by atoms with Crippen molar-refractivity contribution >= 4 is 12.2 Å². The highest BCUT2D eigenvalue weighted by atomic mass is 32.1. The first-order chi connectivity index (χ1) is 9.13. The highest BCUT2D eigenvalue weighted by Crippen LogP contribution is 2.43. The Morgan fingerprint density at radius 2 is 1.84 bits per heavy atom. The Labute approximate surface area is 114 Å². The number of nitrogens with two attached hydrogens (primary N) is 1. The van der Waals surface area contributed by atoms with Crippen LogP contribution in [0, 0.1) is 4.77 Å². The Balaban J connectivity index is 2.71. The van der Waals surface area contributed by atoms with Gasteiger partial charge in [0.15, 0.2) is 17.3 Å². The number of nitrogen functional groups attached to an aromatic ring is 1. The molecule has 0 amide bonds. The lowest BCUT2D eigenvalue weighted by Crippen LogP contribution is -2.10. The van der Waals surface area contributed by atoms with Gasteiger partial charge < -0.3 is 20.1 Å². The number of nitrogens with one attached hydrogen (secondary N) is 1. The van der Waals surface area contributed by atoms with Gasteiger partial charge in [-0.15, -0.1) is 0 Å². The molecule has 1 aromatic heterocycles. The number of rotatable bonds is 4. The van der Waals surface area contributed by atoms with Gasteiger partial charge in [0.25, 0.3) is 0 Å². The van der Waals surface area contributed by atoms with Crippen LogP contribution in [-0.2, 0) is 0 Å². The van der Waals surface area contributed by atoms with Crippen molar-refractivity contribution in [2.75, 3.05) is 27.2 Å². The molecule has 0 aliphatic rings. The first-order valence-electron chi connectivity index (χ1n) is 5.35. The fourth-order valence-electron chi connectivity index (χ4n) is 1.77. The predicted octanol–water partition coefficient (Wildman–Crippen LogP) is 1.35. The average Bonchev–Trinajstić information content (AvgIpc) is 2.77. The zero-order valence-corrected chi connectivity index (χ0v) is 11.6. The minimum Gasteiger partial charge on any atom is -0.493 e. The molecule has 8 heteroatoms. The highest BCUT2D eigenvalue weighted by Gasteiger charge is 2.20. The van der Waals surface area contributed by atoms with Crippen LogP contribution in [0.5, 0.6) is 17.2 Å². The monoisotopic (exact) mass is 282 g/mol. The van der Waals surface area contributed by atoms with Crippen LogP contribution in [0.2, 0.25) is 0 Å². The summed E-state index contributed by atoms with van der Waals surface area (Å²) >= 11 is 4.99. The molecular weight excluding hydrogens is 268 g/mol. The molecule has 0 bridgehead atoms. The van der Waals surface area contributed by atoms with Gasteiger partial charge in [-0.1, -0.05) is 0 Å². The van der Waals surface area contributed by atoms with Gasteiger partial charge in [0, 0.05) is 0 Å². The van der Waals surface area contributed by atoms with Gasteiger partial charge in [-0.2, -0.15) is 5.10 Å². The van der Waals surface area contributed by atoms with Crippen LogP contribution in [0.25, 0.3) is 11.4 Å². The summed E-state index contributed by atoms with van der Waals surface area (Å²) < 4.78 is 17.5. The Kier molecular flexibility index (Phi) is 3.61. The number of hydrogen-bond acceptors (Lipinski definition) is 6. The van der Waals surface area contributed by atoms with E-state index in [0.29, 0.717) is 33.4 Å². The topological polar surface area (TPSA) is 87.3 Å². The van der Waals surface area contributed by atoms with Crippen LogP contribution < -0.4 is 20.1 Å². The number of ether oxygens (including phenoxy) is 3. The maximum Gasteiger partial charge on any atom is 0.214 e. The molecule has 0 saturated heterocycles. The number of aromatic nitrogens is 3. The lowest BCUT2D eigenvalue weighted by Gasteiger charge is -2.14. The summed E-state index contributed by atoms with van der Waals surface area (Å²) in [4.78, 5) is 0. The maximum absolute atomic E-state index is 5.81. The van der Waals surface area contributed by atoms with Gasteiger partial charge in [0.1, 0.15) is 0 Å². The van der Waals surface area contributed by atoms with Crippen molar-refractivity contribution in [3.05, 3.63) is 16.9 Å². The number of hydrogen-bond donors (Lipinski definition) is 2. The van der Waals surface area contributed by atoms with E-state index >= 15 is 0 Å². The molecule has 0 atom stereocenters. The summed E-state index contributed by atoms with van der Waals surface area (Å²) in [5.41, 5.74) is 0.648. The molecule has 0 spiro atoms. The summed E-state index contributed by atoms with van der Waals surface area (Å²) in [6.07, 6.45) is 0. The quantitative estimate of drug-likeness (QED) is 0.650. The van der Waals surface area contributed by atoms with Crippen molar-refractivity contribution in [2.45, 2.75) is 0 Å². The first-order valence-corrected chi connectivity index (χ1v) is 5.76. The van der Waals surface area contributed by atoms with Crippen LogP contribution in [0.15, 0.2) is 12.1 Å². The van der Waals surface area contributed by atoms with Crippen LogP contribution in [0.1, 0.15) is 0 Å². The standard InChI is InChI=1S/C11H14N4O3S/c1-16-7-5-4-6(8(17-2)9(7)18-3)10-13-14-11(19)15(10)12/h4-5H,12H2,1-3H3,(H,14,19). The molecule has 7 nitrogen and oxygen atoms in total. The minimum atomic E-state index is 0.312. The predicted molar refractivity (Wildman–Crippen MR) is 72.7 cm³/mol. The Morgan fingerprint density at radius 1 is 1.16 bits per heavy atom. The second kappa shape index (κ2) is 5.19. The molecule has 0 aliphatic carbocycles. The molecule has 19 heavy (non-hydrogen) atoms. The third kappa shape index (κ3) is 2.10. The zero-order chi connectivity index (χ0) is 14.0. The molecule has 102 valence electrons. The van der Waals surface area contributed by atoms with Crippen molar-refractivity contribution in [3.8, 4) is 28.6 Å². The van der Waals surface area contributed by atoms with Gasteiger partial charge in [-0.05, 0) is 24.4 Å². The second-order valence-corrected chi connectivity index (χ2v) is 3.99. The summed E-state index contributed by atoms with van der Waals surface area (Å²) in [7, 11) is 4.61. The van der Waals surface area contributed by atoms with Crippen molar-refractivity contribution in [1.82, 2.24) is 14.9 Å². The van der Waals surface area contributed by atoms with E-state index in [1.54, 1.807) is 19.2 Å². The molecule has 0 unspecified atom stereocenters. The van der Waals surface area contributed by atoms with E-state index in [-0.39, 0.29) is 0 Å². The van der Waals surface area contributed by atoms with E-state index in [1.807, 2.05) is 0 Å². The van der Waals surface area contributed by atoms with E-state index < -0.39 is 0 Å². The third-order valence-corrected chi connectivity index (χ3v) is 2.94. The molecule has 0 fully saturated rings. The lowest BCUT2D eigenvalue weighted by atomic mass is 10.1. The number of H-pyrrole nitrogens is 1. The average molecular weight is 282 g/mol. The van der Waals surface area contributed by atoms with Crippen LogP contribution in [0.4, 0.5) is 0 Å². The maximum atomic E-state index is 5.81. The van der Waals surface area contributed by atoms with Crippen molar-refractivity contribution < 1.29 is 14.2 Å². The van der Waals surface area contributed by atoms with E-state index in [4.69, 9.17) is 32.3 Å². The van der Waals surface area contributed by atoms with Crippen LogP contribution in [0.3, 0.4) is 0 Å². The number of nitrogens with zero attached hydrogens (tertiary/aromatic N) is 2. The van der Waals surface area contributed by atoms with Gasteiger partial charge in [-0.3, -0.25) is 0 Å². The molecular formula is C11H14N4O3S. The smallest absolute Gasteiger partial charge is 0.214 e. The van der Waals surface area contributed by atoms with Crippen molar-refractivity contribution in [2.24, 2.45) is 0 Å². The highest BCUT2D eigenvalue weighted by molar-refractivity contribution is 7.71. The number of methoxy groups -OCH3 is 3. The normalized spacial score (nSPS) is 10.3. The van der Waals surface area contributed by atoms with Crippen molar-refractivity contribution in [3.63, 3.8) is 0 Å². The minimum absolute atomic E-state index is 0.312. The van der Waals surface area contributed by atoms with E-state index in [9.17, 15) is 0 Å². The van der Waals surface area contributed by atoms with Gasteiger partial charge in [0.05, 0.1) is 26.9 Å². The summed E-state index contributed by atoms with van der Waals surface area (Å²) in [6.45, 7) is 0. The fraction of sp³-hybridized carbons (Fsp3) is 0.273. The zero-order valence-electron chi connectivity index (χ0n) is 10.8. The van der Waals surface area contributed by atoms with Gasteiger partial charge in [-0.25, -0.2) is 9.77 Å². The molecule has 0 aliphatic heterocycles. The molecule has 2 rings (SSSR count). The largest absolute Gasteiger partial charge is 0.493 e. The third-order valence-electron chi connectivity index (χ3n) is 2.65. The first kappa shape index (κ1) is 13.2. The summed E-state index contributed by atoms with van der Waals surface area (Å²) in [5.74, 6) is 7.76. The molecule has 2 aromatic rings. The van der Waals surface area contributed by atoms with E-state index in [0.717, 1.165) is 0 Å². The number of benzene rings is 1.